The minimum Gasteiger partial charge on any atom is -0.466 e. The fourth-order valence-corrected chi connectivity index (χ4v) is 3.12. The first-order valence-corrected chi connectivity index (χ1v) is 6.67. The zero-order valence-corrected chi connectivity index (χ0v) is 10.3. The highest BCUT2D eigenvalue weighted by molar-refractivity contribution is 5.72. The molecule has 2 fully saturated rings. The summed E-state index contributed by atoms with van der Waals surface area (Å²) >= 11 is 0. The summed E-state index contributed by atoms with van der Waals surface area (Å²) < 4.78 is 5.10. The molecule has 1 heterocycles. The molecule has 0 aromatic heterocycles. The maximum atomic E-state index is 11.6. The van der Waals surface area contributed by atoms with Crippen LogP contribution in [0.2, 0.25) is 0 Å². The lowest BCUT2D eigenvalue weighted by Crippen LogP contribution is -2.51. The maximum Gasteiger partial charge on any atom is 0.308 e. The molecule has 0 atom stereocenters. The zero-order chi connectivity index (χ0) is 11.4. The summed E-state index contributed by atoms with van der Waals surface area (Å²) in [4.78, 5) is 11.6. The van der Waals surface area contributed by atoms with Crippen LogP contribution in [0.1, 0.15) is 51.9 Å². The van der Waals surface area contributed by atoms with Crippen LogP contribution in [0.3, 0.4) is 0 Å². The maximum absolute atomic E-state index is 11.6. The van der Waals surface area contributed by atoms with Gasteiger partial charge in [-0.25, -0.2) is 0 Å². The Hall–Kier alpha value is -0.570. The van der Waals surface area contributed by atoms with E-state index in [9.17, 15) is 4.79 Å². The van der Waals surface area contributed by atoms with E-state index in [1.165, 1.54) is 19.3 Å². The molecule has 2 aliphatic rings. The van der Waals surface area contributed by atoms with Crippen LogP contribution in [0.25, 0.3) is 0 Å². The number of carbonyl (C=O) groups excluding carboxylic acids is 1. The van der Waals surface area contributed by atoms with Gasteiger partial charge in [0.25, 0.3) is 0 Å². The van der Waals surface area contributed by atoms with E-state index in [1.54, 1.807) is 0 Å². The molecule has 0 unspecified atom stereocenters. The smallest absolute Gasteiger partial charge is 0.308 e. The summed E-state index contributed by atoms with van der Waals surface area (Å²) in [7, 11) is 0. The van der Waals surface area contributed by atoms with Crippen LogP contribution in [0.15, 0.2) is 0 Å². The van der Waals surface area contributed by atoms with E-state index >= 15 is 0 Å². The largest absolute Gasteiger partial charge is 0.466 e. The highest BCUT2D eigenvalue weighted by Gasteiger charge is 2.38. The Labute approximate surface area is 97.9 Å². The van der Waals surface area contributed by atoms with Crippen molar-refractivity contribution in [3.05, 3.63) is 0 Å². The van der Waals surface area contributed by atoms with Gasteiger partial charge in [0, 0.05) is 5.54 Å². The van der Waals surface area contributed by atoms with Crippen LogP contribution in [-0.2, 0) is 9.53 Å². The molecule has 1 saturated heterocycles. The van der Waals surface area contributed by atoms with Crippen LogP contribution in [0.5, 0.6) is 0 Å². The van der Waals surface area contributed by atoms with Gasteiger partial charge in [0.05, 0.1) is 12.5 Å². The number of piperidine rings is 1. The standard InChI is InChI=1S/C13H23NO2/c1-2-16-12(15)11-5-8-13(9-6-11)7-3-4-10-14-13/h11,14H,2-10H2,1H3. The molecule has 0 bridgehead atoms. The number of hydrogen-bond donors (Lipinski definition) is 1. The molecule has 1 spiro atoms. The van der Waals surface area contributed by atoms with E-state index in [0.29, 0.717) is 12.1 Å². The third-order valence-electron chi connectivity index (χ3n) is 4.14. The summed E-state index contributed by atoms with van der Waals surface area (Å²) in [5.74, 6) is 0.183. The van der Waals surface area contributed by atoms with Crippen LogP contribution in [0, 0.1) is 5.92 Å². The molecule has 16 heavy (non-hydrogen) atoms. The molecule has 0 aromatic carbocycles. The van der Waals surface area contributed by atoms with Gasteiger partial charge in [0.1, 0.15) is 0 Å². The van der Waals surface area contributed by atoms with E-state index in [4.69, 9.17) is 4.74 Å². The van der Waals surface area contributed by atoms with Crippen molar-refractivity contribution in [2.24, 2.45) is 5.92 Å². The first-order valence-electron chi connectivity index (χ1n) is 6.67. The van der Waals surface area contributed by atoms with Crippen LogP contribution < -0.4 is 5.32 Å². The predicted molar refractivity (Wildman–Crippen MR) is 63.2 cm³/mol. The third-order valence-corrected chi connectivity index (χ3v) is 4.14. The molecule has 3 heteroatoms. The molecule has 1 N–H and O–H groups in total. The van der Waals surface area contributed by atoms with Crippen molar-refractivity contribution >= 4 is 5.97 Å². The number of nitrogens with one attached hydrogen (secondary N) is 1. The molecule has 0 aromatic rings. The lowest BCUT2D eigenvalue weighted by molar-refractivity contribution is -0.149. The molecule has 1 aliphatic carbocycles. The van der Waals surface area contributed by atoms with Gasteiger partial charge in [-0.05, 0) is 52.0 Å². The van der Waals surface area contributed by atoms with Gasteiger partial charge < -0.3 is 10.1 Å². The van der Waals surface area contributed by atoms with E-state index in [0.717, 1.165) is 32.2 Å². The van der Waals surface area contributed by atoms with E-state index in [2.05, 4.69) is 5.32 Å². The highest BCUT2D eigenvalue weighted by Crippen LogP contribution is 2.37. The zero-order valence-electron chi connectivity index (χ0n) is 10.3. The van der Waals surface area contributed by atoms with E-state index in [1.807, 2.05) is 6.92 Å². The molecular weight excluding hydrogens is 202 g/mol. The second-order valence-corrected chi connectivity index (χ2v) is 5.19. The van der Waals surface area contributed by atoms with Crippen molar-refractivity contribution in [1.29, 1.82) is 0 Å². The second-order valence-electron chi connectivity index (χ2n) is 5.19. The van der Waals surface area contributed by atoms with E-state index in [-0.39, 0.29) is 11.9 Å². The van der Waals surface area contributed by atoms with Crippen molar-refractivity contribution in [3.63, 3.8) is 0 Å². The third kappa shape index (κ3) is 2.57. The highest BCUT2D eigenvalue weighted by atomic mass is 16.5. The summed E-state index contributed by atoms with van der Waals surface area (Å²) in [6.45, 7) is 3.55. The molecule has 1 saturated carbocycles. The summed E-state index contributed by atoms with van der Waals surface area (Å²) in [6, 6.07) is 0. The average Bonchev–Trinajstić information content (AvgIpc) is 2.31. The van der Waals surface area contributed by atoms with Crippen molar-refractivity contribution in [1.82, 2.24) is 5.32 Å². The Kier molecular flexibility index (Phi) is 3.85. The van der Waals surface area contributed by atoms with Gasteiger partial charge in [-0.15, -0.1) is 0 Å². The van der Waals surface area contributed by atoms with Gasteiger partial charge in [-0.2, -0.15) is 0 Å². The molecular formula is C13H23NO2. The summed E-state index contributed by atoms with van der Waals surface area (Å²) in [6.07, 6.45) is 8.26. The monoisotopic (exact) mass is 225 g/mol. The number of rotatable bonds is 2. The van der Waals surface area contributed by atoms with Crippen LogP contribution in [0.4, 0.5) is 0 Å². The minimum atomic E-state index is 0.0214. The van der Waals surface area contributed by atoms with Crippen LogP contribution >= 0.6 is 0 Å². The Morgan fingerprint density at radius 1 is 1.31 bits per heavy atom. The molecule has 3 nitrogen and oxygen atoms in total. The Bertz CT molecular complexity index is 236. The number of ether oxygens (including phenoxy) is 1. The summed E-state index contributed by atoms with van der Waals surface area (Å²) in [5, 5.41) is 3.67. The van der Waals surface area contributed by atoms with Crippen molar-refractivity contribution in [2.45, 2.75) is 57.4 Å². The number of hydrogen-bond acceptors (Lipinski definition) is 3. The van der Waals surface area contributed by atoms with Crippen molar-refractivity contribution < 1.29 is 9.53 Å². The normalized spacial score (nSPS) is 34.9. The van der Waals surface area contributed by atoms with Crippen molar-refractivity contribution in [3.8, 4) is 0 Å². The topological polar surface area (TPSA) is 38.3 Å². The van der Waals surface area contributed by atoms with Gasteiger partial charge >= 0.3 is 5.97 Å². The lowest BCUT2D eigenvalue weighted by Gasteiger charge is -2.43. The first-order chi connectivity index (χ1) is 7.76. The molecule has 2 rings (SSSR count). The predicted octanol–water partition coefficient (Wildman–Crippen LogP) is 2.25. The quantitative estimate of drug-likeness (QED) is 0.733. The van der Waals surface area contributed by atoms with Gasteiger partial charge in [0.15, 0.2) is 0 Å². The van der Waals surface area contributed by atoms with Crippen molar-refractivity contribution in [2.75, 3.05) is 13.2 Å². The van der Waals surface area contributed by atoms with Gasteiger partial charge in [-0.1, -0.05) is 6.42 Å². The molecule has 0 amide bonds. The SMILES string of the molecule is CCOC(=O)C1CCC2(CCCCN2)CC1. The summed E-state index contributed by atoms with van der Waals surface area (Å²) in [5.41, 5.74) is 0.362. The second kappa shape index (κ2) is 5.17. The number of carbonyl (C=O) groups is 1. The lowest BCUT2D eigenvalue weighted by atomic mass is 9.72. The van der Waals surface area contributed by atoms with Gasteiger partial charge in [0.2, 0.25) is 0 Å². The molecule has 92 valence electrons. The van der Waals surface area contributed by atoms with Gasteiger partial charge in [-0.3, -0.25) is 4.79 Å². The Morgan fingerprint density at radius 2 is 2.06 bits per heavy atom. The average molecular weight is 225 g/mol. The first kappa shape index (κ1) is 11.9. The number of esters is 1. The fraction of sp³-hybridized carbons (Fsp3) is 0.923. The Morgan fingerprint density at radius 3 is 2.62 bits per heavy atom. The van der Waals surface area contributed by atoms with Crippen LogP contribution in [-0.4, -0.2) is 24.7 Å². The molecule has 0 radical (unpaired) electrons. The molecule has 1 aliphatic heterocycles. The Balaban J connectivity index is 1.83. The fourth-order valence-electron chi connectivity index (χ4n) is 3.12. The van der Waals surface area contributed by atoms with E-state index < -0.39 is 0 Å². The minimum absolute atomic E-state index is 0.0214.